The Labute approximate surface area is 160 Å². The number of primary amides is 2. The van der Waals surface area contributed by atoms with E-state index in [0.717, 1.165) is 0 Å². The lowest BCUT2D eigenvalue weighted by atomic mass is 9.88. The molecule has 8 N–H and O–H groups in total. The van der Waals surface area contributed by atoms with E-state index >= 15 is 0 Å². The Morgan fingerprint density at radius 1 is 0.778 bits per heavy atom. The molecule has 27 heavy (non-hydrogen) atoms. The van der Waals surface area contributed by atoms with Gasteiger partial charge in [-0.25, -0.2) is 0 Å². The molecular formula is C20H17ClN4O2. The number of carbonyl (C=O) groups is 2. The first-order valence-electron chi connectivity index (χ1n) is 7.97. The fourth-order valence-electron chi connectivity index (χ4n) is 2.95. The molecule has 2 amide bonds. The van der Waals surface area contributed by atoms with E-state index in [1.807, 2.05) is 0 Å². The average Bonchev–Trinajstić information content (AvgIpc) is 2.61. The summed E-state index contributed by atoms with van der Waals surface area (Å²) in [5.74, 6) is -1.42. The minimum atomic E-state index is -0.724. The van der Waals surface area contributed by atoms with Crippen molar-refractivity contribution in [2.45, 2.75) is 0 Å². The van der Waals surface area contributed by atoms with E-state index in [4.69, 9.17) is 34.5 Å². The van der Waals surface area contributed by atoms with Gasteiger partial charge < -0.3 is 22.9 Å². The van der Waals surface area contributed by atoms with E-state index < -0.39 is 11.8 Å². The van der Waals surface area contributed by atoms with Gasteiger partial charge in [0.2, 0.25) is 11.8 Å². The van der Waals surface area contributed by atoms with Gasteiger partial charge in [0.15, 0.2) is 0 Å². The van der Waals surface area contributed by atoms with E-state index in [0.29, 0.717) is 33.6 Å². The summed E-state index contributed by atoms with van der Waals surface area (Å²) in [6.45, 7) is 0. The summed E-state index contributed by atoms with van der Waals surface area (Å²) in [5.41, 5.74) is 26.0. The van der Waals surface area contributed by atoms with Gasteiger partial charge >= 0.3 is 0 Å². The van der Waals surface area contributed by atoms with Gasteiger partial charge in [-0.05, 0) is 47.0 Å². The summed E-state index contributed by atoms with van der Waals surface area (Å²) in [6, 6.07) is 15.0. The predicted molar refractivity (Wildman–Crippen MR) is 108 cm³/mol. The van der Waals surface area contributed by atoms with Crippen molar-refractivity contribution in [3.8, 4) is 22.3 Å². The molecule has 0 unspecified atom stereocenters. The maximum absolute atomic E-state index is 12.4. The number of amides is 2. The van der Waals surface area contributed by atoms with Gasteiger partial charge in [0.25, 0.3) is 0 Å². The molecule has 0 heterocycles. The number of hydrogen-bond donors (Lipinski definition) is 4. The predicted octanol–water partition coefficient (Wildman–Crippen LogP) is 3.04. The lowest BCUT2D eigenvalue weighted by Gasteiger charge is -2.18. The highest BCUT2D eigenvalue weighted by atomic mass is 35.5. The van der Waals surface area contributed by atoms with Crippen molar-refractivity contribution >= 4 is 34.8 Å². The van der Waals surface area contributed by atoms with Crippen molar-refractivity contribution in [2.24, 2.45) is 11.5 Å². The maximum atomic E-state index is 12.4. The summed E-state index contributed by atoms with van der Waals surface area (Å²) >= 11 is 6.46. The SMILES string of the molecule is NC(=O)c1cc(-c2ccc(N)cc2)c(C(N)=O)c(-c2cccc(N)c2)c1Cl. The molecule has 0 bridgehead atoms. The first-order valence-corrected chi connectivity index (χ1v) is 8.35. The van der Waals surface area contributed by atoms with Gasteiger partial charge in [-0.1, -0.05) is 35.9 Å². The van der Waals surface area contributed by atoms with Crippen LogP contribution < -0.4 is 22.9 Å². The molecule has 0 spiro atoms. The van der Waals surface area contributed by atoms with Crippen molar-refractivity contribution in [1.29, 1.82) is 0 Å². The van der Waals surface area contributed by atoms with Gasteiger partial charge in [-0.3, -0.25) is 9.59 Å². The van der Waals surface area contributed by atoms with Crippen LogP contribution in [-0.4, -0.2) is 11.8 Å². The molecule has 3 aromatic rings. The van der Waals surface area contributed by atoms with Crippen LogP contribution in [0.2, 0.25) is 5.02 Å². The lowest BCUT2D eigenvalue weighted by molar-refractivity contribution is 0.0989. The van der Waals surface area contributed by atoms with E-state index in [-0.39, 0.29) is 16.1 Å². The van der Waals surface area contributed by atoms with Gasteiger partial charge in [-0.15, -0.1) is 0 Å². The van der Waals surface area contributed by atoms with Crippen LogP contribution in [0.4, 0.5) is 11.4 Å². The Kier molecular flexibility index (Phi) is 4.75. The Balaban J connectivity index is 2.45. The van der Waals surface area contributed by atoms with Crippen LogP contribution in [0, 0.1) is 0 Å². The fraction of sp³-hybridized carbons (Fsp3) is 0. The largest absolute Gasteiger partial charge is 0.399 e. The first kappa shape index (κ1) is 18.3. The Hall–Kier alpha value is -3.51. The highest BCUT2D eigenvalue weighted by Gasteiger charge is 2.24. The second kappa shape index (κ2) is 7.01. The van der Waals surface area contributed by atoms with E-state index in [2.05, 4.69) is 0 Å². The molecule has 0 radical (unpaired) electrons. The van der Waals surface area contributed by atoms with Gasteiger partial charge in [0.05, 0.1) is 16.1 Å². The van der Waals surface area contributed by atoms with Gasteiger partial charge in [-0.2, -0.15) is 0 Å². The maximum Gasteiger partial charge on any atom is 0.250 e. The third-order valence-corrected chi connectivity index (χ3v) is 4.57. The molecule has 0 aliphatic rings. The highest BCUT2D eigenvalue weighted by molar-refractivity contribution is 6.38. The molecule has 0 saturated heterocycles. The standard InChI is InChI=1S/C20H17ClN4O2/c21-18-15(19(24)26)9-14(10-4-6-12(22)7-5-10)17(20(25)27)16(18)11-2-1-3-13(23)8-11/h1-9H,22-23H2,(H2,24,26)(H2,25,27). The molecule has 0 aliphatic heterocycles. The minimum Gasteiger partial charge on any atom is -0.399 e. The third-order valence-electron chi connectivity index (χ3n) is 4.17. The molecule has 3 aromatic carbocycles. The summed E-state index contributed by atoms with van der Waals surface area (Å²) in [5, 5.41) is 0.0427. The average molecular weight is 381 g/mol. The van der Waals surface area contributed by atoms with Crippen molar-refractivity contribution in [1.82, 2.24) is 0 Å². The fourth-order valence-corrected chi connectivity index (χ4v) is 3.30. The van der Waals surface area contributed by atoms with Crippen LogP contribution in [0.1, 0.15) is 20.7 Å². The third kappa shape index (κ3) is 3.43. The second-order valence-electron chi connectivity index (χ2n) is 6.01. The Morgan fingerprint density at radius 2 is 1.44 bits per heavy atom. The molecule has 7 heteroatoms. The van der Waals surface area contributed by atoms with E-state index in [1.165, 1.54) is 6.07 Å². The van der Waals surface area contributed by atoms with Crippen LogP contribution in [0.15, 0.2) is 54.6 Å². The molecule has 3 rings (SSSR count). The number of anilines is 2. The molecule has 0 fully saturated rings. The number of benzene rings is 3. The van der Waals surface area contributed by atoms with Crippen molar-refractivity contribution in [2.75, 3.05) is 11.5 Å². The van der Waals surface area contributed by atoms with Crippen molar-refractivity contribution < 1.29 is 9.59 Å². The Bertz CT molecular complexity index is 1060. The minimum absolute atomic E-state index is 0.0427. The Morgan fingerprint density at radius 3 is 2.00 bits per heavy atom. The van der Waals surface area contributed by atoms with Crippen LogP contribution in [0.25, 0.3) is 22.3 Å². The number of hydrogen-bond acceptors (Lipinski definition) is 4. The van der Waals surface area contributed by atoms with Crippen LogP contribution >= 0.6 is 11.6 Å². The van der Waals surface area contributed by atoms with Crippen LogP contribution in [-0.2, 0) is 0 Å². The molecular weight excluding hydrogens is 364 g/mol. The molecule has 0 aromatic heterocycles. The lowest BCUT2D eigenvalue weighted by Crippen LogP contribution is -2.18. The molecule has 0 atom stereocenters. The zero-order valence-electron chi connectivity index (χ0n) is 14.2. The summed E-state index contributed by atoms with van der Waals surface area (Å²) in [6.07, 6.45) is 0. The number of nitrogens with two attached hydrogens (primary N) is 4. The monoisotopic (exact) mass is 380 g/mol. The van der Waals surface area contributed by atoms with Crippen LogP contribution in [0.3, 0.4) is 0 Å². The first-order chi connectivity index (χ1) is 12.8. The zero-order chi connectivity index (χ0) is 19.7. The van der Waals surface area contributed by atoms with Crippen LogP contribution in [0.5, 0.6) is 0 Å². The molecule has 136 valence electrons. The highest BCUT2D eigenvalue weighted by Crippen LogP contribution is 2.40. The number of carbonyl (C=O) groups excluding carboxylic acids is 2. The van der Waals surface area contributed by atoms with Crippen molar-refractivity contribution in [3.05, 3.63) is 70.7 Å². The quantitative estimate of drug-likeness (QED) is 0.516. The molecule has 6 nitrogen and oxygen atoms in total. The summed E-state index contributed by atoms with van der Waals surface area (Å²) < 4.78 is 0. The smallest absolute Gasteiger partial charge is 0.250 e. The topological polar surface area (TPSA) is 138 Å². The van der Waals surface area contributed by atoms with E-state index in [1.54, 1.807) is 48.5 Å². The molecule has 0 aliphatic carbocycles. The zero-order valence-corrected chi connectivity index (χ0v) is 15.0. The second-order valence-corrected chi connectivity index (χ2v) is 6.39. The summed E-state index contributed by atoms with van der Waals surface area (Å²) in [4.78, 5) is 24.3. The normalized spacial score (nSPS) is 10.6. The number of rotatable bonds is 4. The number of nitrogen functional groups attached to an aromatic ring is 2. The summed E-state index contributed by atoms with van der Waals surface area (Å²) in [7, 11) is 0. The molecule has 0 saturated carbocycles. The van der Waals surface area contributed by atoms with Crippen molar-refractivity contribution in [3.63, 3.8) is 0 Å². The van der Waals surface area contributed by atoms with Gasteiger partial charge in [0.1, 0.15) is 0 Å². The van der Waals surface area contributed by atoms with Gasteiger partial charge in [0, 0.05) is 16.9 Å². The number of halogens is 1. The van der Waals surface area contributed by atoms with E-state index in [9.17, 15) is 9.59 Å².